The van der Waals surface area contributed by atoms with Gasteiger partial charge in [-0.05, 0) is 121 Å². The van der Waals surface area contributed by atoms with Crippen LogP contribution in [0.25, 0.3) is 0 Å². The summed E-state index contributed by atoms with van der Waals surface area (Å²) in [7, 11) is 0. The summed E-state index contributed by atoms with van der Waals surface area (Å²) in [5, 5.41) is 10.1. The minimum absolute atomic E-state index is 0.0143. The maximum Gasteiger partial charge on any atom is 0.350 e. The fraction of sp³-hybridized carbons (Fsp3) is 0.574. The Hall–Kier alpha value is -5.08. The lowest BCUT2D eigenvalue weighted by Crippen LogP contribution is -2.33. The fourth-order valence-electron chi connectivity index (χ4n) is 7.88. The Bertz CT molecular complexity index is 1970. The largest absolute Gasteiger partial charge is 0.465 e. The van der Waals surface area contributed by atoms with Crippen LogP contribution in [0.4, 0.5) is 0 Å². The number of fused-ring (bicyclic) bond motifs is 1. The smallest absolute Gasteiger partial charge is 0.350 e. The van der Waals surface area contributed by atoms with Gasteiger partial charge in [0, 0.05) is 12.2 Å². The first kappa shape index (κ1) is 49.9. The highest BCUT2D eigenvalue weighted by Gasteiger charge is 2.37. The Morgan fingerprint density at radius 2 is 1.00 bits per heavy atom. The first-order valence-corrected chi connectivity index (χ1v) is 23.8. The maximum absolute atomic E-state index is 13.6. The molecule has 15 nitrogen and oxygen atoms in total. The Kier molecular flexibility index (Phi) is 19.8. The number of nitriles is 1. The number of carbonyl (C=O) groups excluding carboxylic acids is 7. The number of thioether (sulfide) groups is 2. The summed E-state index contributed by atoms with van der Waals surface area (Å²) in [6, 6.07) is 5.06. The Labute approximate surface area is 382 Å². The third kappa shape index (κ3) is 14.7. The van der Waals surface area contributed by atoms with Crippen LogP contribution < -0.4 is 9.47 Å². The number of unbranched alkanes of at least 4 members (excludes halogenated alkanes) is 2. The Morgan fingerprint density at radius 3 is 1.47 bits per heavy atom. The Morgan fingerprint density at radius 1 is 0.594 bits per heavy atom. The van der Waals surface area contributed by atoms with Crippen LogP contribution in [0.2, 0.25) is 0 Å². The maximum atomic E-state index is 13.6. The SMILES string of the molecule is C=CC(=O)OCCCCOC(=O)/C(C#N)=C1\Sc2c(OC(=O)C3CCC(C)CC3)ccc(OC(=O)C3CCC(OC(=O)C4CCC(C(=O)OCCCCOC(=O)C=C)CC4)CC3)c2S1. The topological polar surface area (TPSA) is 208 Å². The molecule has 3 fully saturated rings. The van der Waals surface area contributed by atoms with Gasteiger partial charge in [0.25, 0.3) is 0 Å². The van der Waals surface area contributed by atoms with E-state index in [1.54, 1.807) is 12.1 Å². The minimum atomic E-state index is -0.845. The molecule has 3 saturated carbocycles. The number of hydrogen-bond acceptors (Lipinski definition) is 17. The zero-order valence-corrected chi connectivity index (χ0v) is 37.9. The molecule has 0 radical (unpaired) electrons. The molecule has 1 aromatic carbocycles. The second-order valence-electron chi connectivity index (χ2n) is 16.4. The van der Waals surface area contributed by atoms with Crippen molar-refractivity contribution in [2.24, 2.45) is 29.6 Å². The summed E-state index contributed by atoms with van der Waals surface area (Å²) in [4.78, 5) is 89.0. The number of rotatable bonds is 20. The standard InChI is InChI=1S/C47H57NO14S2/c1-4-38(49)56-24-6-8-26-58-42(51)30-14-16-32(17-15-30)43(52)60-34-20-18-33(19-21-34)45(54)62-37-23-22-36(61-44(53)31-12-10-29(3)11-13-31)40-41(37)64-47(63-40)35(28-48)46(55)59-27-9-7-25-57-39(50)5-2/h4-5,22-23,29-34H,1-2,6-21,24-27H2,3H3/b47-35+. The summed E-state index contributed by atoms with van der Waals surface area (Å²) in [5.74, 6) is -3.68. The fourth-order valence-corrected chi connectivity index (χ4v) is 10.4. The van der Waals surface area contributed by atoms with Gasteiger partial charge in [0.15, 0.2) is 5.57 Å². The van der Waals surface area contributed by atoms with E-state index in [1.165, 1.54) is 0 Å². The molecule has 5 rings (SSSR count). The van der Waals surface area contributed by atoms with Crippen molar-refractivity contribution >= 4 is 65.3 Å². The van der Waals surface area contributed by atoms with E-state index in [-0.39, 0.29) is 89.5 Å². The van der Waals surface area contributed by atoms with Gasteiger partial charge in [0.1, 0.15) is 23.7 Å². The van der Waals surface area contributed by atoms with Crippen molar-refractivity contribution in [1.82, 2.24) is 0 Å². The molecule has 0 N–H and O–H groups in total. The molecule has 17 heteroatoms. The van der Waals surface area contributed by atoms with Crippen LogP contribution in [0, 0.1) is 40.9 Å². The lowest BCUT2D eigenvalue weighted by Gasteiger charge is -2.30. The third-order valence-corrected chi connectivity index (χ3v) is 14.4. The monoisotopic (exact) mass is 923 g/mol. The average Bonchev–Trinajstić information content (AvgIpc) is 3.75. The summed E-state index contributed by atoms with van der Waals surface area (Å²) in [6.45, 7) is 9.41. The van der Waals surface area contributed by atoms with Gasteiger partial charge in [-0.15, -0.1) is 0 Å². The van der Waals surface area contributed by atoms with Gasteiger partial charge < -0.3 is 33.2 Å². The van der Waals surface area contributed by atoms with Crippen LogP contribution >= 0.6 is 23.5 Å². The molecule has 0 atom stereocenters. The minimum Gasteiger partial charge on any atom is -0.465 e. The highest BCUT2D eigenvalue weighted by atomic mass is 32.2. The van der Waals surface area contributed by atoms with Crippen LogP contribution in [0.5, 0.6) is 11.5 Å². The van der Waals surface area contributed by atoms with Crippen LogP contribution in [0.3, 0.4) is 0 Å². The van der Waals surface area contributed by atoms with Crippen molar-refractivity contribution < 1.29 is 66.7 Å². The second-order valence-corrected chi connectivity index (χ2v) is 18.7. The zero-order chi connectivity index (χ0) is 46.0. The molecule has 64 heavy (non-hydrogen) atoms. The van der Waals surface area contributed by atoms with Gasteiger partial charge in [-0.25, -0.2) is 14.4 Å². The van der Waals surface area contributed by atoms with Crippen LogP contribution in [-0.4, -0.2) is 74.3 Å². The van der Waals surface area contributed by atoms with Crippen molar-refractivity contribution in [3.05, 3.63) is 47.3 Å². The van der Waals surface area contributed by atoms with E-state index in [4.69, 9.17) is 33.2 Å². The van der Waals surface area contributed by atoms with Crippen molar-refractivity contribution in [2.45, 2.75) is 126 Å². The van der Waals surface area contributed by atoms with Crippen LogP contribution in [0.15, 0.2) is 57.0 Å². The number of nitrogens with zero attached hydrogens (tertiary/aromatic N) is 1. The molecule has 1 heterocycles. The highest BCUT2D eigenvalue weighted by molar-refractivity contribution is 8.24. The van der Waals surface area contributed by atoms with Gasteiger partial charge in [0.05, 0.1) is 64.1 Å². The van der Waals surface area contributed by atoms with Gasteiger partial charge in [-0.2, -0.15) is 5.26 Å². The summed E-state index contributed by atoms with van der Waals surface area (Å²) in [5.41, 5.74) is -0.252. The summed E-state index contributed by atoms with van der Waals surface area (Å²) >= 11 is 2.12. The molecule has 0 amide bonds. The average molecular weight is 924 g/mol. The number of benzene rings is 1. The van der Waals surface area contributed by atoms with Gasteiger partial charge in [-0.3, -0.25) is 19.2 Å². The molecule has 0 aromatic heterocycles. The molecule has 0 bridgehead atoms. The first-order chi connectivity index (χ1) is 30.9. The zero-order valence-electron chi connectivity index (χ0n) is 36.3. The molecule has 4 aliphatic rings. The predicted octanol–water partition coefficient (Wildman–Crippen LogP) is 8.27. The molecule has 0 unspecified atom stereocenters. The third-order valence-electron chi connectivity index (χ3n) is 11.8. The van der Waals surface area contributed by atoms with Gasteiger partial charge in [0.2, 0.25) is 0 Å². The lowest BCUT2D eigenvalue weighted by atomic mass is 9.82. The summed E-state index contributed by atoms with van der Waals surface area (Å²) < 4.78 is 38.7. The number of hydrogen-bond donors (Lipinski definition) is 0. The van der Waals surface area contributed by atoms with Gasteiger partial charge >= 0.3 is 41.8 Å². The van der Waals surface area contributed by atoms with Gasteiger partial charge in [-0.1, -0.05) is 43.6 Å². The number of ether oxygens (including phenoxy) is 7. The van der Waals surface area contributed by atoms with E-state index in [0.717, 1.165) is 48.5 Å². The van der Waals surface area contributed by atoms with Crippen molar-refractivity contribution in [1.29, 1.82) is 5.26 Å². The van der Waals surface area contributed by atoms with E-state index in [2.05, 4.69) is 20.1 Å². The highest BCUT2D eigenvalue weighted by Crippen LogP contribution is 2.59. The van der Waals surface area contributed by atoms with E-state index < -0.39 is 29.8 Å². The first-order valence-electron chi connectivity index (χ1n) is 22.1. The van der Waals surface area contributed by atoms with E-state index >= 15 is 0 Å². The summed E-state index contributed by atoms with van der Waals surface area (Å²) in [6.07, 6.45) is 10.9. The molecule has 3 aliphatic carbocycles. The number of esters is 7. The molecule has 0 spiro atoms. The van der Waals surface area contributed by atoms with Crippen molar-refractivity contribution in [2.75, 3.05) is 26.4 Å². The molecule has 1 aliphatic heterocycles. The molecule has 0 saturated heterocycles. The quantitative estimate of drug-likeness (QED) is 0.0301. The second kappa shape index (κ2) is 25.4. The van der Waals surface area contributed by atoms with E-state index in [0.29, 0.717) is 106 Å². The van der Waals surface area contributed by atoms with Crippen molar-refractivity contribution in [3.8, 4) is 17.6 Å². The van der Waals surface area contributed by atoms with E-state index in [1.807, 2.05) is 6.07 Å². The molecule has 1 aromatic rings. The van der Waals surface area contributed by atoms with Crippen LogP contribution in [-0.2, 0) is 57.2 Å². The molecular weight excluding hydrogens is 867 g/mol. The predicted molar refractivity (Wildman–Crippen MR) is 233 cm³/mol. The number of carbonyl (C=O) groups is 7. The molecular formula is C47H57NO14S2. The van der Waals surface area contributed by atoms with E-state index in [9.17, 15) is 38.8 Å². The normalized spacial score (nSPS) is 23.4. The van der Waals surface area contributed by atoms with Crippen LogP contribution in [0.1, 0.15) is 110 Å². The molecule has 346 valence electrons. The lowest BCUT2D eigenvalue weighted by molar-refractivity contribution is -0.160. The Balaban J connectivity index is 1.13. The van der Waals surface area contributed by atoms with Crippen molar-refractivity contribution in [3.63, 3.8) is 0 Å².